The molecule has 2 heterocycles. The van der Waals surface area contributed by atoms with E-state index in [9.17, 15) is 30.3 Å². The molecule has 1 unspecified atom stereocenters. The van der Waals surface area contributed by atoms with Crippen LogP contribution in [-0.4, -0.2) is 86.6 Å². The molecule has 2 aliphatic heterocycles. The first-order chi connectivity index (χ1) is 17.9. The molecule has 5 fully saturated rings. The van der Waals surface area contributed by atoms with Gasteiger partial charge in [-0.2, -0.15) is 0 Å². The summed E-state index contributed by atoms with van der Waals surface area (Å²) in [5, 5.41) is 54.2. The maximum Gasteiger partial charge on any atom is 0.331 e. The molecule has 0 radical (unpaired) electrons. The number of hydrogen-bond acceptors (Lipinski definition) is 9. The standard InChI is InChI=1S/C29H44O9/c1-14-23(32)24(33)25(34)26(37-14)38-17-6-8-27(2)16(11-17)4-5-19-18(27)7-9-28(3)22(15-10-21(31)36-13-15)20(30)12-29(19,28)35/h10,14,16-20,22-26,30,32-35H,4-9,11-13H2,1-3H3/t14-,16-,17+,18+,19-,20+,22+,23+,24+,25-,26?,27+,28-,29+/m1/s1. The minimum absolute atomic E-state index is 0.0314. The van der Waals surface area contributed by atoms with Gasteiger partial charge in [0.2, 0.25) is 0 Å². The molecule has 1 saturated heterocycles. The summed E-state index contributed by atoms with van der Waals surface area (Å²) in [5.74, 6) is 0.176. The van der Waals surface area contributed by atoms with Gasteiger partial charge in [0.15, 0.2) is 6.29 Å². The lowest BCUT2D eigenvalue weighted by molar-refractivity contribution is -0.310. The van der Waals surface area contributed by atoms with E-state index in [1.54, 1.807) is 6.92 Å². The van der Waals surface area contributed by atoms with Gasteiger partial charge in [-0.25, -0.2) is 4.79 Å². The smallest absolute Gasteiger partial charge is 0.331 e. The highest BCUT2D eigenvalue weighted by molar-refractivity contribution is 5.85. The molecular weight excluding hydrogens is 492 g/mol. The van der Waals surface area contributed by atoms with Gasteiger partial charge in [0.25, 0.3) is 0 Å². The molecule has 4 aliphatic carbocycles. The number of rotatable bonds is 3. The maximum atomic E-state index is 12.4. The average molecular weight is 537 g/mol. The SMILES string of the molecule is C[C@H]1OC(O[C@H]2CC[C@@]3(C)[C@H](CC[C@@H]4[C@@H]3CC[C@]3(C)[C@@H](C5=CC(=O)OC5)[C@@H](O)C[C@]43O)C2)[C@H](O)[C@@H](O)[C@H]1O. The first kappa shape index (κ1) is 27.1. The van der Waals surface area contributed by atoms with Crippen molar-refractivity contribution in [3.8, 4) is 0 Å². The number of hydrogen-bond donors (Lipinski definition) is 5. The van der Waals surface area contributed by atoms with Crippen molar-refractivity contribution in [2.45, 2.75) is 121 Å². The molecule has 0 aromatic carbocycles. The second-order valence-corrected chi connectivity index (χ2v) is 13.7. The summed E-state index contributed by atoms with van der Waals surface area (Å²) < 4.78 is 17.1. The molecule has 5 N–H and O–H groups in total. The normalized spacial score (nSPS) is 56.5. The highest BCUT2D eigenvalue weighted by Gasteiger charge is 2.70. The van der Waals surface area contributed by atoms with Gasteiger partial charge in [-0.05, 0) is 80.6 Å². The van der Waals surface area contributed by atoms with Crippen molar-refractivity contribution in [1.29, 1.82) is 0 Å². The Morgan fingerprint density at radius 2 is 1.74 bits per heavy atom. The molecule has 0 aromatic rings. The lowest BCUT2D eigenvalue weighted by Crippen LogP contribution is -2.62. The summed E-state index contributed by atoms with van der Waals surface area (Å²) in [6, 6.07) is 0. The molecule has 0 aromatic heterocycles. The van der Waals surface area contributed by atoms with Crippen LogP contribution in [0.2, 0.25) is 0 Å². The zero-order valence-electron chi connectivity index (χ0n) is 22.7. The van der Waals surface area contributed by atoms with Gasteiger partial charge in [-0.15, -0.1) is 0 Å². The van der Waals surface area contributed by atoms with Crippen molar-refractivity contribution in [3.63, 3.8) is 0 Å². The number of fused-ring (bicyclic) bond motifs is 5. The van der Waals surface area contributed by atoms with E-state index in [1.807, 2.05) is 0 Å². The lowest BCUT2D eigenvalue weighted by Gasteiger charge is -2.63. The number of esters is 1. The molecule has 9 heteroatoms. The van der Waals surface area contributed by atoms with E-state index >= 15 is 0 Å². The first-order valence-electron chi connectivity index (χ1n) is 14.5. The molecule has 14 atom stereocenters. The van der Waals surface area contributed by atoms with Crippen molar-refractivity contribution >= 4 is 5.97 Å². The Balaban J connectivity index is 1.18. The third-order valence-corrected chi connectivity index (χ3v) is 12.0. The Morgan fingerprint density at radius 1 is 0.974 bits per heavy atom. The van der Waals surface area contributed by atoms with Gasteiger partial charge >= 0.3 is 5.97 Å². The zero-order chi connectivity index (χ0) is 27.2. The summed E-state index contributed by atoms with van der Waals surface area (Å²) in [5.41, 5.74) is -0.658. The van der Waals surface area contributed by atoms with E-state index in [0.717, 1.165) is 50.5 Å². The van der Waals surface area contributed by atoms with E-state index < -0.39 is 47.8 Å². The Bertz CT molecular complexity index is 985. The molecule has 4 saturated carbocycles. The van der Waals surface area contributed by atoms with Crippen molar-refractivity contribution < 1.29 is 44.5 Å². The third-order valence-electron chi connectivity index (χ3n) is 12.0. The monoisotopic (exact) mass is 536 g/mol. The fourth-order valence-electron chi connectivity index (χ4n) is 9.89. The van der Waals surface area contributed by atoms with Gasteiger partial charge in [0, 0.05) is 23.8 Å². The van der Waals surface area contributed by atoms with Gasteiger partial charge in [0.1, 0.15) is 24.9 Å². The van der Waals surface area contributed by atoms with Crippen LogP contribution in [-0.2, 0) is 19.0 Å². The van der Waals surface area contributed by atoms with Crippen LogP contribution in [0.3, 0.4) is 0 Å². The summed E-state index contributed by atoms with van der Waals surface area (Å²) in [4.78, 5) is 11.8. The van der Waals surface area contributed by atoms with E-state index in [-0.39, 0.29) is 35.9 Å². The van der Waals surface area contributed by atoms with E-state index in [4.69, 9.17) is 14.2 Å². The van der Waals surface area contributed by atoms with Gasteiger partial charge in [0.05, 0.1) is 23.9 Å². The topological polar surface area (TPSA) is 146 Å². The maximum absolute atomic E-state index is 12.4. The Hall–Kier alpha value is -1.07. The Kier molecular flexibility index (Phi) is 6.58. The van der Waals surface area contributed by atoms with Crippen molar-refractivity contribution in [2.75, 3.05) is 6.61 Å². The quantitative estimate of drug-likeness (QED) is 0.267. The summed E-state index contributed by atoms with van der Waals surface area (Å²) in [6.07, 6.45) is 1.83. The highest BCUT2D eigenvalue weighted by atomic mass is 16.7. The van der Waals surface area contributed by atoms with Crippen LogP contribution in [0.1, 0.15) is 72.1 Å². The van der Waals surface area contributed by atoms with Crippen LogP contribution < -0.4 is 0 Å². The molecule has 9 nitrogen and oxygen atoms in total. The van der Waals surface area contributed by atoms with Crippen LogP contribution in [0.25, 0.3) is 0 Å². The van der Waals surface area contributed by atoms with Gasteiger partial charge in [-0.1, -0.05) is 13.8 Å². The summed E-state index contributed by atoms with van der Waals surface area (Å²) in [7, 11) is 0. The van der Waals surface area contributed by atoms with Crippen LogP contribution in [0.15, 0.2) is 11.6 Å². The fourth-order valence-corrected chi connectivity index (χ4v) is 9.89. The van der Waals surface area contributed by atoms with Gasteiger partial charge in [-0.3, -0.25) is 0 Å². The number of aliphatic hydroxyl groups excluding tert-OH is 4. The largest absolute Gasteiger partial charge is 0.458 e. The van der Waals surface area contributed by atoms with E-state index in [1.165, 1.54) is 6.08 Å². The summed E-state index contributed by atoms with van der Waals surface area (Å²) in [6.45, 7) is 6.33. The Morgan fingerprint density at radius 3 is 2.45 bits per heavy atom. The van der Waals surface area contributed by atoms with E-state index in [0.29, 0.717) is 18.3 Å². The second kappa shape index (κ2) is 9.23. The van der Waals surface area contributed by atoms with E-state index in [2.05, 4.69) is 13.8 Å². The zero-order valence-corrected chi connectivity index (χ0v) is 22.7. The molecule has 38 heavy (non-hydrogen) atoms. The number of ether oxygens (including phenoxy) is 3. The minimum Gasteiger partial charge on any atom is -0.458 e. The van der Waals surface area contributed by atoms with Crippen LogP contribution >= 0.6 is 0 Å². The predicted octanol–water partition coefficient (Wildman–Crippen LogP) is 1.43. The van der Waals surface area contributed by atoms with Crippen molar-refractivity contribution in [2.24, 2.45) is 34.5 Å². The van der Waals surface area contributed by atoms with Crippen molar-refractivity contribution in [3.05, 3.63) is 11.6 Å². The molecule has 0 spiro atoms. The average Bonchev–Trinajstić information content (AvgIpc) is 3.37. The number of cyclic esters (lactones) is 1. The number of carbonyl (C=O) groups is 1. The number of aliphatic hydroxyl groups is 5. The van der Waals surface area contributed by atoms with Gasteiger partial charge < -0.3 is 39.7 Å². The highest BCUT2D eigenvalue weighted by Crippen LogP contribution is 2.70. The first-order valence-corrected chi connectivity index (χ1v) is 14.5. The molecule has 0 amide bonds. The summed E-state index contributed by atoms with van der Waals surface area (Å²) >= 11 is 0. The molecule has 6 aliphatic rings. The fraction of sp³-hybridized carbons (Fsp3) is 0.897. The Labute approximate surface area is 224 Å². The molecule has 0 bridgehead atoms. The second-order valence-electron chi connectivity index (χ2n) is 13.7. The third kappa shape index (κ3) is 3.80. The molecule has 6 rings (SSSR count). The molecular formula is C29H44O9. The minimum atomic E-state index is -1.30. The van der Waals surface area contributed by atoms with Crippen LogP contribution in [0.5, 0.6) is 0 Å². The van der Waals surface area contributed by atoms with Crippen molar-refractivity contribution in [1.82, 2.24) is 0 Å². The molecule has 214 valence electrons. The predicted molar refractivity (Wildman–Crippen MR) is 134 cm³/mol. The van der Waals surface area contributed by atoms with Crippen LogP contribution in [0, 0.1) is 34.5 Å². The van der Waals surface area contributed by atoms with Crippen LogP contribution in [0.4, 0.5) is 0 Å². The lowest BCUT2D eigenvalue weighted by atomic mass is 9.43. The number of carbonyl (C=O) groups excluding carboxylic acids is 1.